The van der Waals surface area contributed by atoms with E-state index in [0.29, 0.717) is 6.42 Å². The predicted octanol–water partition coefficient (Wildman–Crippen LogP) is 0.0453. The minimum absolute atomic E-state index is 0.142. The van der Waals surface area contributed by atoms with Crippen LogP contribution in [0.15, 0.2) is 0 Å². The van der Waals surface area contributed by atoms with Gasteiger partial charge >= 0.3 is 5.97 Å². The Kier molecular flexibility index (Phi) is 5.15. The number of carboxylic acid groups (broad SMARTS) is 1. The van der Waals surface area contributed by atoms with E-state index >= 15 is 0 Å². The predicted molar refractivity (Wildman–Crippen MR) is 52.8 cm³/mol. The van der Waals surface area contributed by atoms with Crippen molar-refractivity contribution in [2.24, 2.45) is 5.73 Å². The third-order valence-corrected chi connectivity index (χ3v) is 1.97. The number of amides is 1. The van der Waals surface area contributed by atoms with Crippen LogP contribution in [-0.2, 0) is 9.59 Å². The van der Waals surface area contributed by atoms with E-state index in [-0.39, 0.29) is 18.5 Å². The molecule has 0 aliphatic rings. The second kappa shape index (κ2) is 5.59. The van der Waals surface area contributed by atoms with Crippen molar-refractivity contribution < 1.29 is 14.7 Å². The maximum atomic E-state index is 11.6. The Bertz CT molecular complexity index is 216. The smallest absolute Gasteiger partial charge is 0.323 e. The number of carboxylic acids is 1. The number of hydrogen-bond acceptors (Lipinski definition) is 3. The molecule has 5 nitrogen and oxygen atoms in total. The Labute approximate surface area is 83.9 Å². The molecular formula is C9H18N2O3. The summed E-state index contributed by atoms with van der Waals surface area (Å²) in [5.74, 6) is -1.32. The van der Waals surface area contributed by atoms with E-state index in [1.165, 1.54) is 4.90 Å². The Morgan fingerprint density at radius 3 is 2.21 bits per heavy atom. The Balaban J connectivity index is 4.49. The van der Waals surface area contributed by atoms with E-state index in [0.717, 1.165) is 0 Å². The summed E-state index contributed by atoms with van der Waals surface area (Å²) in [4.78, 5) is 23.4. The van der Waals surface area contributed by atoms with Crippen LogP contribution in [0.1, 0.15) is 27.2 Å². The molecule has 0 fully saturated rings. The average Bonchev–Trinajstić information content (AvgIpc) is 2.11. The van der Waals surface area contributed by atoms with E-state index in [9.17, 15) is 9.59 Å². The zero-order chi connectivity index (χ0) is 11.3. The van der Waals surface area contributed by atoms with E-state index in [4.69, 9.17) is 10.8 Å². The van der Waals surface area contributed by atoms with Crippen molar-refractivity contribution in [2.75, 3.05) is 6.54 Å². The summed E-state index contributed by atoms with van der Waals surface area (Å²) in [6, 6.07) is -0.743. The fraction of sp³-hybridized carbons (Fsp3) is 0.778. The summed E-state index contributed by atoms with van der Waals surface area (Å²) in [6.45, 7) is 5.04. The van der Waals surface area contributed by atoms with Crippen molar-refractivity contribution >= 4 is 11.9 Å². The van der Waals surface area contributed by atoms with Crippen molar-refractivity contribution in [3.8, 4) is 0 Å². The van der Waals surface area contributed by atoms with Crippen LogP contribution in [0, 0.1) is 0 Å². The Morgan fingerprint density at radius 2 is 1.93 bits per heavy atom. The second-order valence-electron chi connectivity index (χ2n) is 3.47. The number of hydrogen-bond donors (Lipinski definition) is 2. The summed E-state index contributed by atoms with van der Waals surface area (Å²) < 4.78 is 0. The first-order chi connectivity index (χ1) is 6.40. The van der Waals surface area contributed by atoms with Crippen molar-refractivity contribution in [2.45, 2.75) is 39.3 Å². The van der Waals surface area contributed by atoms with Crippen molar-refractivity contribution in [3.63, 3.8) is 0 Å². The Hall–Kier alpha value is -1.10. The normalized spacial score (nSPS) is 12.6. The first-order valence-corrected chi connectivity index (χ1v) is 4.68. The molecule has 5 heteroatoms. The van der Waals surface area contributed by atoms with E-state index in [1.807, 2.05) is 0 Å². The summed E-state index contributed by atoms with van der Waals surface area (Å²) in [7, 11) is 0. The molecule has 0 bridgehead atoms. The maximum Gasteiger partial charge on any atom is 0.323 e. The molecule has 0 aromatic heterocycles. The molecule has 0 rings (SSSR count). The highest BCUT2D eigenvalue weighted by Gasteiger charge is 2.23. The summed E-state index contributed by atoms with van der Waals surface area (Å²) in [6.07, 6.45) is 0.516. The molecule has 0 unspecified atom stereocenters. The lowest BCUT2D eigenvalue weighted by atomic mass is 10.2. The highest BCUT2D eigenvalue weighted by atomic mass is 16.4. The third kappa shape index (κ3) is 3.74. The van der Waals surface area contributed by atoms with Gasteiger partial charge in [0.2, 0.25) is 5.91 Å². The fourth-order valence-corrected chi connectivity index (χ4v) is 1.05. The van der Waals surface area contributed by atoms with Crippen LogP contribution in [-0.4, -0.2) is 40.5 Å². The van der Waals surface area contributed by atoms with Gasteiger partial charge in [-0.05, 0) is 20.3 Å². The van der Waals surface area contributed by atoms with Crippen LogP contribution in [0.3, 0.4) is 0 Å². The third-order valence-electron chi connectivity index (χ3n) is 1.97. The van der Waals surface area contributed by atoms with Gasteiger partial charge in [-0.25, -0.2) is 0 Å². The summed E-state index contributed by atoms with van der Waals surface area (Å²) in [5.41, 5.74) is 5.55. The van der Waals surface area contributed by atoms with Crippen LogP contribution in [0.5, 0.6) is 0 Å². The number of rotatable bonds is 5. The summed E-state index contributed by atoms with van der Waals surface area (Å²) >= 11 is 0. The average molecular weight is 202 g/mol. The topological polar surface area (TPSA) is 83.6 Å². The molecule has 3 N–H and O–H groups in total. The highest BCUT2D eigenvalue weighted by Crippen LogP contribution is 2.02. The first kappa shape index (κ1) is 12.9. The van der Waals surface area contributed by atoms with Gasteiger partial charge in [0.1, 0.15) is 6.54 Å². The van der Waals surface area contributed by atoms with Gasteiger partial charge in [0.25, 0.3) is 0 Å². The van der Waals surface area contributed by atoms with Gasteiger partial charge in [-0.3, -0.25) is 9.59 Å². The monoisotopic (exact) mass is 202 g/mol. The number of carbonyl (C=O) groups excluding carboxylic acids is 1. The molecular weight excluding hydrogens is 184 g/mol. The van der Waals surface area contributed by atoms with Gasteiger partial charge in [0.15, 0.2) is 0 Å². The SMILES string of the molecule is CC[C@H](N)C(=O)N(CC(=O)O)C(C)C. The number of carbonyl (C=O) groups is 2. The van der Waals surface area contributed by atoms with Gasteiger partial charge < -0.3 is 15.7 Å². The molecule has 1 amide bonds. The highest BCUT2D eigenvalue weighted by molar-refractivity contribution is 5.85. The van der Waals surface area contributed by atoms with E-state index in [2.05, 4.69) is 0 Å². The lowest BCUT2D eigenvalue weighted by Gasteiger charge is -2.27. The van der Waals surface area contributed by atoms with E-state index < -0.39 is 12.0 Å². The van der Waals surface area contributed by atoms with Crippen molar-refractivity contribution in [1.29, 1.82) is 0 Å². The van der Waals surface area contributed by atoms with Crippen molar-refractivity contribution in [3.05, 3.63) is 0 Å². The molecule has 0 radical (unpaired) electrons. The summed E-state index contributed by atoms with van der Waals surface area (Å²) in [5, 5.41) is 8.60. The van der Waals surface area contributed by atoms with Crippen LogP contribution in [0.4, 0.5) is 0 Å². The second-order valence-corrected chi connectivity index (χ2v) is 3.47. The fourth-order valence-electron chi connectivity index (χ4n) is 1.05. The van der Waals surface area contributed by atoms with Crippen LogP contribution in [0.2, 0.25) is 0 Å². The molecule has 82 valence electrons. The van der Waals surface area contributed by atoms with Gasteiger partial charge in [0.05, 0.1) is 6.04 Å². The van der Waals surface area contributed by atoms with Gasteiger partial charge in [-0.15, -0.1) is 0 Å². The van der Waals surface area contributed by atoms with Gasteiger partial charge in [0, 0.05) is 6.04 Å². The molecule has 0 heterocycles. The molecule has 0 saturated carbocycles. The number of nitrogens with zero attached hydrogens (tertiary/aromatic N) is 1. The number of nitrogens with two attached hydrogens (primary N) is 1. The minimum atomic E-state index is -1.02. The Morgan fingerprint density at radius 1 is 1.43 bits per heavy atom. The van der Waals surface area contributed by atoms with Crippen LogP contribution >= 0.6 is 0 Å². The molecule has 1 atom stereocenters. The standard InChI is InChI=1S/C9H18N2O3/c1-4-7(10)9(14)11(6(2)3)5-8(12)13/h6-7H,4-5,10H2,1-3H3,(H,12,13)/t7-/m0/s1. The molecule has 0 aromatic carbocycles. The largest absolute Gasteiger partial charge is 0.480 e. The van der Waals surface area contributed by atoms with Gasteiger partial charge in [-0.1, -0.05) is 6.92 Å². The van der Waals surface area contributed by atoms with Gasteiger partial charge in [-0.2, -0.15) is 0 Å². The zero-order valence-electron chi connectivity index (χ0n) is 8.86. The lowest BCUT2D eigenvalue weighted by molar-refractivity contribution is -0.146. The van der Waals surface area contributed by atoms with Crippen LogP contribution in [0.25, 0.3) is 0 Å². The quantitative estimate of drug-likeness (QED) is 0.659. The van der Waals surface area contributed by atoms with E-state index in [1.54, 1.807) is 20.8 Å². The molecule has 0 aromatic rings. The lowest BCUT2D eigenvalue weighted by Crippen LogP contribution is -2.48. The first-order valence-electron chi connectivity index (χ1n) is 4.68. The zero-order valence-corrected chi connectivity index (χ0v) is 8.86. The minimum Gasteiger partial charge on any atom is -0.480 e. The molecule has 0 spiro atoms. The molecule has 14 heavy (non-hydrogen) atoms. The molecule has 0 saturated heterocycles. The van der Waals surface area contributed by atoms with Crippen LogP contribution < -0.4 is 5.73 Å². The molecule has 0 aliphatic carbocycles. The maximum absolute atomic E-state index is 11.6. The van der Waals surface area contributed by atoms with Crippen molar-refractivity contribution in [1.82, 2.24) is 4.90 Å². The number of aliphatic carboxylic acids is 1. The molecule has 0 aliphatic heterocycles.